The highest BCUT2D eigenvalue weighted by Gasteiger charge is 2.42. The maximum absolute atomic E-state index is 12.5. The van der Waals surface area contributed by atoms with Crippen LogP contribution in [0.1, 0.15) is 39.5 Å². The third kappa shape index (κ3) is 5.78. The Morgan fingerprint density at radius 1 is 1.38 bits per heavy atom. The predicted molar refractivity (Wildman–Crippen MR) is 54.9 cm³/mol. The minimum atomic E-state index is -4.50. The van der Waals surface area contributed by atoms with Gasteiger partial charge in [-0.15, -0.1) is 0 Å². The Labute approximate surface area is 93.5 Å². The highest BCUT2D eigenvalue weighted by molar-refractivity contribution is 5.87. The van der Waals surface area contributed by atoms with Crippen molar-refractivity contribution < 1.29 is 22.7 Å². The van der Waals surface area contributed by atoms with E-state index in [9.17, 15) is 18.0 Å². The molecule has 5 heteroatoms. The number of rotatable bonds is 6. The molecule has 0 aromatic carbocycles. The molecule has 0 aliphatic carbocycles. The maximum atomic E-state index is 12.5. The summed E-state index contributed by atoms with van der Waals surface area (Å²) >= 11 is 0. The van der Waals surface area contributed by atoms with Crippen LogP contribution in [0.3, 0.4) is 0 Å². The molecule has 1 unspecified atom stereocenters. The fourth-order valence-electron chi connectivity index (χ4n) is 1.10. The second-order valence-electron chi connectivity index (χ2n) is 3.71. The van der Waals surface area contributed by atoms with Crippen LogP contribution < -0.4 is 0 Å². The number of carbonyl (C=O) groups excluding carboxylic acids is 1. The van der Waals surface area contributed by atoms with Crippen LogP contribution in [0.2, 0.25) is 0 Å². The number of esters is 1. The van der Waals surface area contributed by atoms with Crippen molar-refractivity contribution in [2.75, 3.05) is 0 Å². The molecular formula is C11H17F3O2. The molecule has 0 saturated carbocycles. The van der Waals surface area contributed by atoms with Gasteiger partial charge in [0.25, 0.3) is 0 Å². The van der Waals surface area contributed by atoms with Crippen molar-refractivity contribution >= 4 is 5.97 Å². The van der Waals surface area contributed by atoms with Gasteiger partial charge in [-0.3, -0.25) is 0 Å². The van der Waals surface area contributed by atoms with Crippen LogP contribution >= 0.6 is 0 Å². The summed E-state index contributed by atoms with van der Waals surface area (Å²) in [6, 6.07) is 0. The number of ether oxygens (including phenoxy) is 1. The average molecular weight is 238 g/mol. The van der Waals surface area contributed by atoms with E-state index in [0.717, 1.165) is 6.42 Å². The lowest BCUT2D eigenvalue weighted by atomic mass is 10.1. The van der Waals surface area contributed by atoms with E-state index in [0.29, 0.717) is 12.8 Å². The first-order chi connectivity index (χ1) is 7.29. The lowest BCUT2D eigenvalue weighted by molar-refractivity contribution is -0.220. The molecule has 0 amide bonds. The standard InChI is InChI=1S/C11H17F3O2/c1-4-5-6-7-9(11(12,13)14)16-10(15)8(2)3/h9H,2,4-7H2,1,3H3. The van der Waals surface area contributed by atoms with E-state index in [2.05, 4.69) is 11.3 Å². The van der Waals surface area contributed by atoms with Crippen molar-refractivity contribution in [2.24, 2.45) is 0 Å². The second kappa shape index (κ2) is 6.55. The van der Waals surface area contributed by atoms with Gasteiger partial charge in [0.1, 0.15) is 0 Å². The summed E-state index contributed by atoms with van der Waals surface area (Å²) in [6.45, 7) is 6.46. The Hall–Kier alpha value is -1.00. The third-order valence-corrected chi connectivity index (χ3v) is 2.03. The molecule has 0 aromatic rings. The van der Waals surface area contributed by atoms with Crippen molar-refractivity contribution in [3.8, 4) is 0 Å². The van der Waals surface area contributed by atoms with E-state index < -0.39 is 18.2 Å². The van der Waals surface area contributed by atoms with Crippen LogP contribution in [0.4, 0.5) is 13.2 Å². The minimum absolute atomic E-state index is 0.0234. The van der Waals surface area contributed by atoms with Crippen molar-refractivity contribution in [3.63, 3.8) is 0 Å². The monoisotopic (exact) mass is 238 g/mol. The summed E-state index contributed by atoms with van der Waals surface area (Å²) in [4.78, 5) is 11.0. The SMILES string of the molecule is C=C(C)C(=O)OC(CCCCC)C(F)(F)F. The first-order valence-corrected chi connectivity index (χ1v) is 5.22. The van der Waals surface area contributed by atoms with Gasteiger partial charge in [-0.2, -0.15) is 13.2 Å². The van der Waals surface area contributed by atoms with Crippen LogP contribution in [-0.4, -0.2) is 18.2 Å². The Morgan fingerprint density at radius 2 is 1.94 bits per heavy atom. The van der Waals surface area contributed by atoms with Gasteiger partial charge in [-0.1, -0.05) is 26.3 Å². The highest BCUT2D eigenvalue weighted by Crippen LogP contribution is 2.27. The van der Waals surface area contributed by atoms with Gasteiger partial charge in [-0.25, -0.2) is 4.79 Å². The van der Waals surface area contributed by atoms with E-state index >= 15 is 0 Å². The Kier molecular flexibility index (Phi) is 6.14. The molecule has 1 atom stereocenters. The molecule has 2 nitrogen and oxygen atoms in total. The molecular weight excluding hydrogens is 221 g/mol. The first-order valence-electron chi connectivity index (χ1n) is 5.22. The summed E-state index contributed by atoms with van der Waals surface area (Å²) in [5.41, 5.74) is -0.0234. The second-order valence-corrected chi connectivity index (χ2v) is 3.71. The van der Waals surface area contributed by atoms with Crippen LogP contribution in [0.15, 0.2) is 12.2 Å². The lowest BCUT2D eigenvalue weighted by Crippen LogP contribution is -2.34. The summed E-state index contributed by atoms with van der Waals surface area (Å²) in [5.74, 6) is -0.987. The van der Waals surface area contributed by atoms with E-state index in [1.54, 1.807) is 0 Å². The van der Waals surface area contributed by atoms with Gasteiger partial charge in [0.05, 0.1) is 0 Å². The van der Waals surface area contributed by atoms with Crippen molar-refractivity contribution in [1.82, 2.24) is 0 Å². The van der Waals surface area contributed by atoms with Crippen molar-refractivity contribution in [1.29, 1.82) is 0 Å². The number of carbonyl (C=O) groups is 1. The molecule has 0 N–H and O–H groups in total. The molecule has 0 aromatic heterocycles. The van der Waals surface area contributed by atoms with Gasteiger partial charge in [-0.05, 0) is 19.8 Å². The zero-order chi connectivity index (χ0) is 12.8. The molecule has 16 heavy (non-hydrogen) atoms. The topological polar surface area (TPSA) is 26.3 Å². The highest BCUT2D eigenvalue weighted by atomic mass is 19.4. The van der Waals surface area contributed by atoms with Crippen molar-refractivity contribution in [3.05, 3.63) is 12.2 Å². The molecule has 0 radical (unpaired) electrons. The molecule has 0 saturated heterocycles. The summed E-state index contributed by atoms with van der Waals surface area (Å²) in [5, 5.41) is 0. The van der Waals surface area contributed by atoms with Gasteiger partial charge in [0, 0.05) is 5.57 Å². The number of unbranched alkanes of at least 4 members (excludes halogenated alkanes) is 2. The van der Waals surface area contributed by atoms with E-state index in [1.807, 2.05) is 6.92 Å². The van der Waals surface area contributed by atoms with Crippen LogP contribution in [0, 0.1) is 0 Å². The largest absolute Gasteiger partial charge is 0.449 e. The zero-order valence-corrected chi connectivity index (χ0v) is 9.56. The Morgan fingerprint density at radius 3 is 2.31 bits per heavy atom. The van der Waals surface area contributed by atoms with Gasteiger partial charge >= 0.3 is 12.1 Å². The molecule has 0 fully saturated rings. The number of alkyl halides is 3. The fraction of sp³-hybridized carbons (Fsp3) is 0.727. The number of hydrogen-bond donors (Lipinski definition) is 0. The molecule has 0 aliphatic heterocycles. The third-order valence-electron chi connectivity index (χ3n) is 2.03. The van der Waals surface area contributed by atoms with E-state index in [1.165, 1.54) is 6.92 Å². The quantitative estimate of drug-likeness (QED) is 0.401. The van der Waals surface area contributed by atoms with E-state index in [4.69, 9.17) is 0 Å². The first kappa shape index (κ1) is 15.0. The average Bonchev–Trinajstić information content (AvgIpc) is 2.14. The summed E-state index contributed by atoms with van der Waals surface area (Å²) < 4.78 is 41.8. The van der Waals surface area contributed by atoms with Crippen molar-refractivity contribution in [2.45, 2.75) is 51.8 Å². The molecule has 0 bridgehead atoms. The zero-order valence-electron chi connectivity index (χ0n) is 9.56. The smallest absolute Gasteiger partial charge is 0.425 e. The van der Waals surface area contributed by atoms with Gasteiger partial charge in [0.15, 0.2) is 6.10 Å². The Balaban J connectivity index is 4.33. The van der Waals surface area contributed by atoms with Gasteiger partial charge in [0.2, 0.25) is 0 Å². The number of halogens is 3. The molecule has 0 heterocycles. The molecule has 0 aliphatic rings. The fourth-order valence-corrected chi connectivity index (χ4v) is 1.10. The normalized spacial score (nSPS) is 13.3. The van der Waals surface area contributed by atoms with Crippen LogP contribution in [-0.2, 0) is 9.53 Å². The van der Waals surface area contributed by atoms with Crippen LogP contribution in [0.25, 0.3) is 0 Å². The Bertz CT molecular complexity index is 246. The predicted octanol–water partition coefficient (Wildman–Crippen LogP) is 3.62. The van der Waals surface area contributed by atoms with Crippen LogP contribution in [0.5, 0.6) is 0 Å². The molecule has 0 spiro atoms. The summed E-state index contributed by atoms with van der Waals surface area (Å²) in [7, 11) is 0. The minimum Gasteiger partial charge on any atom is -0.449 e. The summed E-state index contributed by atoms with van der Waals surface area (Å²) in [6.07, 6.45) is -4.79. The molecule has 0 rings (SSSR count). The number of hydrogen-bond acceptors (Lipinski definition) is 2. The lowest BCUT2D eigenvalue weighted by Gasteiger charge is -2.20. The maximum Gasteiger partial charge on any atom is 0.425 e. The van der Waals surface area contributed by atoms with E-state index in [-0.39, 0.29) is 12.0 Å². The molecule has 94 valence electrons. The van der Waals surface area contributed by atoms with Gasteiger partial charge < -0.3 is 4.74 Å².